The molecule has 0 saturated carbocycles. The Kier molecular flexibility index (Phi) is 5.59. The van der Waals surface area contributed by atoms with Gasteiger partial charge in [0.05, 0.1) is 29.0 Å². The molecule has 0 unspecified atom stereocenters. The first kappa shape index (κ1) is 18.3. The Bertz CT molecular complexity index is 923. The maximum Gasteiger partial charge on any atom is 0.166 e. The fourth-order valence-corrected chi connectivity index (χ4v) is 4.23. The number of pyridine rings is 1. The van der Waals surface area contributed by atoms with E-state index in [9.17, 15) is 4.39 Å². The largest absolute Gasteiger partial charge is 0.380 e. The molecule has 0 radical (unpaired) electrons. The Morgan fingerprint density at radius 2 is 2.07 bits per heavy atom. The molecule has 1 aliphatic rings. The number of nitrogens with zero attached hydrogens (tertiary/aromatic N) is 3. The van der Waals surface area contributed by atoms with Gasteiger partial charge < -0.3 is 14.6 Å². The Balaban J connectivity index is 1.50. The van der Waals surface area contributed by atoms with E-state index in [4.69, 9.17) is 4.74 Å². The molecule has 3 heterocycles. The van der Waals surface area contributed by atoms with Crippen molar-refractivity contribution >= 4 is 28.5 Å². The van der Waals surface area contributed by atoms with Gasteiger partial charge in [-0.2, -0.15) is 0 Å². The first-order valence-corrected chi connectivity index (χ1v) is 10.2. The number of nitrogens with one attached hydrogen (secondary N) is 1. The number of imidazole rings is 1. The third kappa shape index (κ3) is 4.25. The van der Waals surface area contributed by atoms with Gasteiger partial charge in [0.1, 0.15) is 5.82 Å². The summed E-state index contributed by atoms with van der Waals surface area (Å²) >= 11 is 1.57. The number of rotatable bonds is 6. The van der Waals surface area contributed by atoms with Crippen LogP contribution in [0.2, 0.25) is 0 Å². The van der Waals surface area contributed by atoms with Gasteiger partial charge in [0.2, 0.25) is 0 Å². The van der Waals surface area contributed by atoms with E-state index in [2.05, 4.69) is 19.9 Å². The number of aromatic nitrogens is 3. The van der Waals surface area contributed by atoms with Gasteiger partial charge in [0.15, 0.2) is 5.16 Å². The summed E-state index contributed by atoms with van der Waals surface area (Å²) in [4.78, 5) is 14.4. The molecule has 0 spiro atoms. The molecule has 2 aromatic heterocycles. The summed E-state index contributed by atoms with van der Waals surface area (Å²) in [6, 6.07) is 7.42. The van der Waals surface area contributed by atoms with E-state index in [0.717, 1.165) is 53.4 Å². The number of ether oxygens (including phenoxy) is 1. The number of aromatic amines is 1. The van der Waals surface area contributed by atoms with Crippen LogP contribution in [0.1, 0.15) is 30.5 Å². The second-order valence-corrected chi connectivity index (χ2v) is 7.75. The third-order valence-corrected chi connectivity index (χ3v) is 5.68. The summed E-state index contributed by atoms with van der Waals surface area (Å²) in [6.07, 6.45) is 5.26. The van der Waals surface area contributed by atoms with Crippen LogP contribution in [0.25, 0.3) is 11.0 Å². The predicted molar refractivity (Wildman–Crippen MR) is 107 cm³/mol. The van der Waals surface area contributed by atoms with Gasteiger partial charge in [-0.15, -0.1) is 0 Å². The van der Waals surface area contributed by atoms with Gasteiger partial charge >= 0.3 is 0 Å². The Morgan fingerprint density at radius 1 is 1.22 bits per heavy atom. The lowest BCUT2D eigenvalue weighted by Gasteiger charge is -2.29. The summed E-state index contributed by atoms with van der Waals surface area (Å²) in [5, 5.41) is 0.777. The van der Waals surface area contributed by atoms with E-state index in [-0.39, 0.29) is 5.82 Å². The highest BCUT2D eigenvalue weighted by atomic mass is 32.2. The maximum absolute atomic E-state index is 14.6. The number of H-pyrrole nitrogens is 1. The van der Waals surface area contributed by atoms with Crippen LogP contribution in [0.4, 0.5) is 10.1 Å². The lowest BCUT2D eigenvalue weighted by atomic mass is 10.1. The van der Waals surface area contributed by atoms with Gasteiger partial charge in [0, 0.05) is 38.2 Å². The number of piperidine rings is 1. The number of thioether (sulfide) groups is 1. The SMILES string of the molecule is COCc1ccnc(CSc2nc3cc(N4CCCCC4)c(F)cc3[nH]2)c1. The zero-order valence-electron chi connectivity index (χ0n) is 15.4. The average molecular weight is 386 g/mol. The second kappa shape index (κ2) is 8.27. The zero-order valence-corrected chi connectivity index (χ0v) is 16.2. The molecule has 3 aromatic rings. The normalized spacial score (nSPS) is 14.8. The summed E-state index contributed by atoms with van der Waals surface area (Å²) in [5.74, 6) is 0.511. The molecule has 27 heavy (non-hydrogen) atoms. The molecule has 1 aliphatic heterocycles. The van der Waals surface area contributed by atoms with E-state index in [1.165, 1.54) is 6.42 Å². The smallest absolute Gasteiger partial charge is 0.166 e. The standard InChI is InChI=1S/C20H23FN4OS/c1-26-12-14-5-6-22-15(9-14)13-27-20-23-17-10-16(21)19(11-18(17)24-20)25-7-3-2-4-8-25/h5-6,9-11H,2-4,7-8,12-13H2,1H3,(H,23,24). The van der Waals surface area contributed by atoms with E-state index < -0.39 is 0 Å². The van der Waals surface area contributed by atoms with E-state index in [1.54, 1.807) is 31.1 Å². The third-order valence-electron chi connectivity index (χ3n) is 4.77. The summed E-state index contributed by atoms with van der Waals surface area (Å²) in [5.41, 5.74) is 4.27. The molecule has 0 amide bonds. The first-order valence-electron chi connectivity index (χ1n) is 9.22. The lowest BCUT2D eigenvalue weighted by Crippen LogP contribution is -2.30. The topological polar surface area (TPSA) is 54.0 Å². The minimum atomic E-state index is -0.182. The molecule has 0 bridgehead atoms. The number of anilines is 1. The molecule has 0 aliphatic carbocycles. The molecule has 0 atom stereocenters. The van der Waals surface area contributed by atoms with Crippen LogP contribution in [0, 0.1) is 5.82 Å². The van der Waals surface area contributed by atoms with Crippen LogP contribution >= 0.6 is 11.8 Å². The van der Waals surface area contributed by atoms with Gasteiger partial charge in [0.25, 0.3) is 0 Å². The first-order chi connectivity index (χ1) is 13.2. The lowest BCUT2D eigenvalue weighted by molar-refractivity contribution is 0.185. The average Bonchev–Trinajstić information content (AvgIpc) is 3.09. The highest BCUT2D eigenvalue weighted by Gasteiger charge is 2.17. The molecule has 1 saturated heterocycles. The Morgan fingerprint density at radius 3 is 2.89 bits per heavy atom. The van der Waals surface area contributed by atoms with Crippen LogP contribution in [-0.4, -0.2) is 35.2 Å². The van der Waals surface area contributed by atoms with Gasteiger partial charge in [-0.3, -0.25) is 4.98 Å². The van der Waals surface area contributed by atoms with Crippen molar-refractivity contribution < 1.29 is 9.13 Å². The summed E-state index contributed by atoms with van der Waals surface area (Å²) in [6.45, 7) is 2.40. The number of fused-ring (bicyclic) bond motifs is 1. The van der Waals surface area contributed by atoms with Crippen molar-refractivity contribution in [1.82, 2.24) is 15.0 Å². The van der Waals surface area contributed by atoms with Crippen LogP contribution in [0.15, 0.2) is 35.6 Å². The molecular weight excluding hydrogens is 363 g/mol. The second-order valence-electron chi connectivity index (χ2n) is 6.79. The van der Waals surface area contributed by atoms with Crippen LogP contribution in [0.5, 0.6) is 0 Å². The molecule has 1 fully saturated rings. The van der Waals surface area contributed by atoms with E-state index >= 15 is 0 Å². The van der Waals surface area contributed by atoms with Crippen LogP contribution < -0.4 is 4.90 Å². The molecule has 5 nitrogen and oxygen atoms in total. The molecule has 4 rings (SSSR count). The van der Waals surface area contributed by atoms with Crippen molar-refractivity contribution in [3.05, 3.63) is 47.5 Å². The summed E-state index contributed by atoms with van der Waals surface area (Å²) in [7, 11) is 1.68. The van der Waals surface area contributed by atoms with Gasteiger partial charge in [-0.25, -0.2) is 9.37 Å². The maximum atomic E-state index is 14.6. The molecule has 1 aromatic carbocycles. The number of halogens is 1. The zero-order chi connectivity index (χ0) is 18.6. The van der Waals surface area contributed by atoms with Crippen molar-refractivity contribution in [2.24, 2.45) is 0 Å². The number of benzene rings is 1. The number of methoxy groups -OCH3 is 1. The van der Waals surface area contributed by atoms with Crippen LogP contribution in [0.3, 0.4) is 0 Å². The minimum Gasteiger partial charge on any atom is -0.380 e. The number of hydrogen-bond donors (Lipinski definition) is 1. The highest BCUT2D eigenvalue weighted by molar-refractivity contribution is 7.98. The molecular formula is C20H23FN4OS. The predicted octanol–water partition coefficient (Wildman–Crippen LogP) is 4.53. The fraction of sp³-hybridized carbons (Fsp3) is 0.400. The Labute approximate surface area is 162 Å². The van der Waals surface area contributed by atoms with E-state index in [1.807, 2.05) is 18.2 Å². The van der Waals surface area contributed by atoms with Crippen molar-refractivity contribution in [1.29, 1.82) is 0 Å². The quantitative estimate of drug-likeness (QED) is 0.631. The van der Waals surface area contributed by atoms with Crippen molar-refractivity contribution in [2.75, 3.05) is 25.1 Å². The number of hydrogen-bond acceptors (Lipinski definition) is 5. The van der Waals surface area contributed by atoms with Gasteiger partial charge in [-0.1, -0.05) is 11.8 Å². The van der Waals surface area contributed by atoms with Crippen molar-refractivity contribution in [2.45, 2.75) is 36.8 Å². The van der Waals surface area contributed by atoms with Crippen molar-refractivity contribution in [3.63, 3.8) is 0 Å². The highest BCUT2D eigenvalue weighted by Crippen LogP contribution is 2.29. The molecule has 142 valence electrons. The summed E-state index contributed by atoms with van der Waals surface area (Å²) < 4.78 is 19.7. The van der Waals surface area contributed by atoms with Crippen LogP contribution in [-0.2, 0) is 17.1 Å². The Hall–Kier alpha value is -2.12. The van der Waals surface area contributed by atoms with E-state index in [0.29, 0.717) is 18.0 Å². The molecule has 7 heteroatoms. The van der Waals surface area contributed by atoms with Gasteiger partial charge in [-0.05, 0) is 43.0 Å². The fourth-order valence-electron chi connectivity index (χ4n) is 3.45. The molecule has 1 N–H and O–H groups in total. The minimum absolute atomic E-state index is 0.182. The van der Waals surface area contributed by atoms with Crippen molar-refractivity contribution in [3.8, 4) is 0 Å². The monoisotopic (exact) mass is 386 g/mol.